The molecule has 0 aliphatic rings. The fraction of sp³-hybridized carbons (Fsp3) is 0.429. The Morgan fingerprint density at radius 1 is 1.47 bits per heavy atom. The molecule has 0 heterocycles. The third-order valence-electron chi connectivity index (χ3n) is 3.00. The first kappa shape index (κ1) is 14.8. The minimum absolute atomic E-state index is 0.0420. The van der Waals surface area contributed by atoms with Crippen LogP contribution in [0.5, 0.6) is 0 Å². The van der Waals surface area contributed by atoms with Crippen LogP contribution in [0.4, 0.5) is 11.4 Å². The van der Waals surface area contributed by atoms with E-state index in [9.17, 15) is 4.79 Å². The Hall–Kier alpha value is -2.22. The zero-order valence-corrected chi connectivity index (χ0v) is 11.6. The molecule has 0 aliphatic carbocycles. The van der Waals surface area contributed by atoms with Crippen LogP contribution in [-0.4, -0.2) is 29.9 Å². The van der Waals surface area contributed by atoms with E-state index in [-0.39, 0.29) is 11.9 Å². The maximum absolute atomic E-state index is 12.1. The number of nitriles is 1. The minimum Gasteiger partial charge on any atom is -0.398 e. The van der Waals surface area contributed by atoms with Crippen LogP contribution < -0.4 is 11.1 Å². The maximum atomic E-state index is 12.1. The number of likely N-dealkylation sites (N-methyl/N-ethyl adjacent to an activating group) is 1. The highest BCUT2D eigenvalue weighted by Crippen LogP contribution is 2.17. The second kappa shape index (κ2) is 6.64. The predicted molar refractivity (Wildman–Crippen MR) is 76.6 cm³/mol. The van der Waals surface area contributed by atoms with E-state index in [1.54, 1.807) is 23.1 Å². The Morgan fingerprint density at radius 3 is 2.63 bits per heavy atom. The summed E-state index contributed by atoms with van der Waals surface area (Å²) >= 11 is 0. The van der Waals surface area contributed by atoms with E-state index in [4.69, 9.17) is 11.0 Å². The van der Waals surface area contributed by atoms with Gasteiger partial charge in [-0.25, -0.2) is 0 Å². The molecule has 1 aromatic carbocycles. The van der Waals surface area contributed by atoms with E-state index in [1.165, 1.54) is 0 Å². The molecule has 3 N–H and O–H groups in total. The first-order valence-corrected chi connectivity index (χ1v) is 6.38. The lowest BCUT2D eigenvalue weighted by atomic mass is 10.1. The van der Waals surface area contributed by atoms with Crippen molar-refractivity contribution in [3.8, 4) is 6.07 Å². The molecule has 1 atom stereocenters. The average Bonchev–Trinajstić information content (AvgIpc) is 2.42. The lowest BCUT2D eigenvalue weighted by Gasteiger charge is -2.24. The first-order valence-electron chi connectivity index (χ1n) is 6.38. The normalized spacial score (nSPS) is 11.5. The highest BCUT2D eigenvalue weighted by molar-refractivity contribution is 5.84. The summed E-state index contributed by atoms with van der Waals surface area (Å²) in [6, 6.07) is 6.77. The number of rotatable bonds is 5. The number of nitrogen functional groups attached to an aromatic ring is 1. The molecule has 1 rings (SSSR count). The predicted octanol–water partition coefficient (Wildman–Crippen LogP) is 1.81. The molecule has 5 heteroatoms. The van der Waals surface area contributed by atoms with Crippen molar-refractivity contribution in [1.82, 2.24) is 4.90 Å². The van der Waals surface area contributed by atoms with Crippen molar-refractivity contribution < 1.29 is 4.79 Å². The maximum Gasteiger partial charge on any atom is 0.244 e. The molecule has 1 amide bonds. The van der Waals surface area contributed by atoms with Gasteiger partial charge in [-0.2, -0.15) is 5.26 Å². The molecule has 0 saturated heterocycles. The number of nitrogens with two attached hydrogens (primary N) is 1. The van der Waals surface area contributed by atoms with Gasteiger partial charge in [-0.15, -0.1) is 0 Å². The lowest BCUT2D eigenvalue weighted by molar-refractivity contribution is -0.131. The Kier molecular flexibility index (Phi) is 5.19. The SMILES string of the molecule is CCN(CC)C(=O)C(C)Nc1ccc(N)c(C#N)c1. The van der Waals surface area contributed by atoms with E-state index in [1.807, 2.05) is 26.8 Å². The number of nitrogens with zero attached hydrogens (tertiary/aromatic N) is 2. The highest BCUT2D eigenvalue weighted by atomic mass is 16.2. The Morgan fingerprint density at radius 2 is 2.11 bits per heavy atom. The summed E-state index contributed by atoms with van der Waals surface area (Å²) in [5.41, 5.74) is 7.23. The zero-order valence-electron chi connectivity index (χ0n) is 11.6. The first-order chi connectivity index (χ1) is 9.03. The Bertz CT molecular complexity index is 489. The fourth-order valence-electron chi connectivity index (χ4n) is 1.86. The summed E-state index contributed by atoms with van der Waals surface area (Å²) in [4.78, 5) is 13.9. The molecule has 0 bridgehead atoms. The summed E-state index contributed by atoms with van der Waals surface area (Å²) in [7, 11) is 0. The summed E-state index contributed by atoms with van der Waals surface area (Å²) in [5.74, 6) is 0.0420. The van der Waals surface area contributed by atoms with Gasteiger partial charge in [-0.3, -0.25) is 4.79 Å². The van der Waals surface area contributed by atoms with E-state index in [0.717, 1.165) is 5.69 Å². The molecule has 102 valence electrons. The number of benzene rings is 1. The monoisotopic (exact) mass is 260 g/mol. The second-order valence-corrected chi connectivity index (χ2v) is 4.29. The number of hydrogen-bond acceptors (Lipinski definition) is 4. The van der Waals surface area contributed by atoms with E-state index in [2.05, 4.69) is 5.32 Å². The van der Waals surface area contributed by atoms with E-state index in [0.29, 0.717) is 24.3 Å². The van der Waals surface area contributed by atoms with Gasteiger partial charge >= 0.3 is 0 Å². The number of nitrogens with one attached hydrogen (secondary N) is 1. The van der Waals surface area contributed by atoms with Gasteiger partial charge in [0.25, 0.3) is 0 Å². The highest BCUT2D eigenvalue weighted by Gasteiger charge is 2.17. The standard InChI is InChI=1S/C14H20N4O/c1-4-18(5-2)14(19)10(3)17-12-6-7-13(16)11(8-12)9-15/h6-8,10,17H,4-5,16H2,1-3H3. The molecule has 0 fully saturated rings. The molecule has 19 heavy (non-hydrogen) atoms. The van der Waals surface area contributed by atoms with Crippen molar-refractivity contribution in [3.05, 3.63) is 23.8 Å². The summed E-state index contributed by atoms with van der Waals surface area (Å²) in [6.07, 6.45) is 0. The third kappa shape index (κ3) is 3.62. The smallest absolute Gasteiger partial charge is 0.244 e. The summed E-state index contributed by atoms with van der Waals surface area (Å²) in [6.45, 7) is 7.08. The third-order valence-corrected chi connectivity index (χ3v) is 3.00. The van der Waals surface area contributed by atoms with Gasteiger partial charge in [0.15, 0.2) is 0 Å². The number of carbonyl (C=O) groups is 1. The van der Waals surface area contributed by atoms with Crippen molar-refractivity contribution in [2.24, 2.45) is 0 Å². The lowest BCUT2D eigenvalue weighted by Crippen LogP contribution is -2.41. The van der Waals surface area contributed by atoms with Crippen LogP contribution in [0.15, 0.2) is 18.2 Å². The Labute approximate surface area is 114 Å². The molecule has 1 unspecified atom stereocenters. The van der Waals surface area contributed by atoms with Gasteiger partial charge in [-0.05, 0) is 39.0 Å². The van der Waals surface area contributed by atoms with Crippen LogP contribution in [0.1, 0.15) is 26.3 Å². The number of anilines is 2. The van der Waals surface area contributed by atoms with Gasteiger partial charge in [0.2, 0.25) is 5.91 Å². The van der Waals surface area contributed by atoms with Gasteiger partial charge in [0.1, 0.15) is 12.1 Å². The number of amides is 1. The minimum atomic E-state index is -0.338. The fourth-order valence-corrected chi connectivity index (χ4v) is 1.86. The topological polar surface area (TPSA) is 82.2 Å². The molecular formula is C14H20N4O. The van der Waals surface area contributed by atoms with Crippen molar-refractivity contribution in [2.45, 2.75) is 26.8 Å². The van der Waals surface area contributed by atoms with Crippen LogP contribution in [0, 0.1) is 11.3 Å². The molecule has 5 nitrogen and oxygen atoms in total. The van der Waals surface area contributed by atoms with Crippen LogP contribution in [0.3, 0.4) is 0 Å². The number of carbonyl (C=O) groups excluding carboxylic acids is 1. The van der Waals surface area contributed by atoms with E-state index < -0.39 is 0 Å². The molecule has 0 aromatic heterocycles. The largest absolute Gasteiger partial charge is 0.398 e. The molecule has 1 aromatic rings. The Balaban J connectivity index is 2.80. The zero-order chi connectivity index (χ0) is 14.4. The molecule has 0 spiro atoms. The second-order valence-electron chi connectivity index (χ2n) is 4.29. The van der Waals surface area contributed by atoms with Gasteiger partial charge < -0.3 is 16.0 Å². The molecule has 0 radical (unpaired) electrons. The summed E-state index contributed by atoms with van der Waals surface area (Å²) < 4.78 is 0. The summed E-state index contributed by atoms with van der Waals surface area (Å²) in [5, 5.41) is 12.0. The van der Waals surface area contributed by atoms with Crippen LogP contribution >= 0.6 is 0 Å². The van der Waals surface area contributed by atoms with Crippen LogP contribution in [0.2, 0.25) is 0 Å². The van der Waals surface area contributed by atoms with E-state index >= 15 is 0 Å². The van der Waals surface area contributed by atoms with Crippen molar-refractivity contribution in [3.63, 3.8) is 0 Å². The van der Waals surface area contributed by atoms with Crippen molar-refractivity contribution >= 4 is 17.3 Å². The van der Waals surface area contributed by atoms with Crippen LogP contribution in [-0.2, 0) is 4.79 Å². The van der Waals surface area contributed by atoms with Crippen molar-refractivity contribution in [2.75, 3.05) is 24.1 Å². The van der Waals surface area contributed by atoms with Gasteiger partial charge in [0.05, 0.1) is 5.56 Å². The average molecular weight is 260 g/mol. The van der Waals surface area contributed by atoms with Gasteiger partial charge in [-0.1, -0.05) is 0 Å². The van der Waals surface area contributed by atoms with Crippen molar-refractivity contribution in [1.29, 1.82) is 5.26 Å². The van der Waals surface area contributed by atoms with Gasteiger partial charge in [0, 0.05) is 24.5 Å². The van der Waals surface area contributed by atoms with Crippen LogP contribution in [0.25, 0.3) is 0 Å². The molecule has 0 aliphatic heterocycles. The number of hydrogen-bond donors (Lipinski definition) is 2. The molecule has 0 saturated carbocycles. The molecular weight excluding hydrogens is 240 g/mol. The quantitative estimate of drug-likeness (QED) is 0.791.